The molecular formula is C19H28O11. The molecule has 5 atom stereocenters. The van der Waals surface area contributed by atoms with Gasteiger partial charge in [-0.3, -0.25) is 19.2 Å². The van der Waals surface area contributed by atoms with Gasteiger partial charge in [-0.2, -0.15) is 0 Å². The lowest BCUT2D eigenvalue weighted by atomic mass is 9.98. The van der Waals surface area contributed by atoms with Gasteiger partial charge in [-0.25, -0.2) is 0 Å². The van der Waals surface area contributed by atoms with E-state index in [2.05, 4.69) is 6.58 Å². The third-order valence-electron chi connectivity index (χ3n) is 3.69. The van der Waals surface area contributed by atoms with Crippen LogP contribution in [0.15, 0.2) is 12.7 Å². The van der Waals surface area contributed by atoms with Crippen LogP contribution in [0.5, 0.6) is 0 Å². The molecule has 1 saturated heterocycles. The molecule has 1 aliphatic rings. The lowest BCUT2D eigenvalue weighted by Gasteiger charge is -2.44. The van der Waals surface area contributed by atoms with Crippen molar-refractivity contribution in [3.63, 3.8) is 0 Å². The molecule has 1 fully saturated rings. The molecule has 30 heavy (non-hydrogen) atoms. The molecule has 0 spiro atoms. The van der Waals surface area contributed by atoms with E-state index in [4.69, 9.17) is 33.2 Å². The maximum Gasteiger partial charge on any atom is 0.303 e. The topological polar surface area (TPSA) is 133 Å². The Morgan fingerprint density at radius 2 is 1.40 bits per heavy atom. The molecule has 0 unspecified atom stereocenters. The van der Waals surface area contributed by atoms with Crippen LogP contribution in [0.2, 0.25) is 0 Å². The monoisotopic (exact) mass is 432 g/mol. The molecule has 170 valence electrons. The predicted octanol–water partition coefficient (Wildman–Crippen LogP) is 0.289. The molecule has 1 heterocycles. The summed E-state index contributed by atoms with van der Waals surface area (Å²) in [7, 11) is 0. The van der Waals surface area contributed by atoms with Gasteiger partial charge in [0.2, 0.25) is 0 Å². The number of ether oxygens (including phenoxy) is 7. The van der Waals surface area contributed by atoms with E-state index < -0.39 is 54.6 Å². The maximum absolute atomic E-state index is 11.7. The summed E-state index contributed by atoms with van der Waals surface area (Å²) in [5.74, 6) is -2.71. The van der Waals surface area contributed by atoms with Crippen molar-refractivity contribution in [1.82, 2.24) is 0 Å². The lowest BCUT2D eigenvalue weighted by Crippen LogP contribution is -2.63. The molecule has 0 aromatic carbocycles. The van der Waals surface area contributed by atoms with Crippen molar-refractivity contribution in [3.8, 4) is 0 Å². The van der Waals surface area contributed by atoms with E-state index in [1.807, 2.05) is 0 Å². The van der Waals surface area contributed by atoms with Crippen LogP contribution >= 0.6 is 0 Å². The molecule has 1 rings (SSSR count). The number of carbonyl (C=O) groups is 4. The van der Waals surface area contributed by atoms with Crippen molar-refractivity contribution in [2.24, 2.45) is 0 Å². The van der Waals surface area contributed by atoms with Crippen molar-refractivity contribution in [1.29, 1.82) is 0 Å². The van der Waals surface area contributed by atoms with Crippen LogP contribution in [0.4, 0.5) is 0 Å². The Kier molecular flexibility index (Phi) is 11.0. The van der Waals surface area contributed by atoms with Crippen LogP contribution < -0.4 is 0 Å². The first-order chi connectivity index (χ1) is 14.1. The van der Waals surface area contributed by atoms with E-state index in [9.17, 15) is 19.2 Å². The minimum atomic E-state index is -1.26. The van der Waals surface area contributed by atoms with Crippen molar-refractivity contribution >= 4 is 23.9 Å². The van der Waals surface area contributed by atoms with Crippen LogP contribution in [0.25, 0.3) is 0 Å². The van der Waals surface area contributed by atoms with E-state index in [1.165, 1.54) is 6.92 Å². The molecule has 11 nitrogen and oxygen atoms in total. The lowest BCUT2D eigenvalue weighted by molar-refractivity contribution is -0.309. The second kappa shape index (κ2) is 12.9. The zero-order chi connectivity index (χ0) is 22.7. The van der Waals surface area contributed by atoms with Crippen molar-refractivity contribution < 1.29 is 52.3 Å². The molecule has 0 N–H and O–H groups in total. The summed E-state index contributed by atoms with van der Waals surface area (Å²) in [4.78, 5) is 46.2. The molecule has 0 aliphatic carbocycles. The SMILES string of the molecule is C=CCOCCO[C@H]1O[C@H](COC(C)=O)[C@@H](OC(C)=O)[C@H](OC(C)=O)[C@@H]1OC(C)=O. The first kappa shape index (κ1) is 25.5. The van der Waals surface area contributed by atoms with E-state index in [0.29, 0.717) is 6.61 Å². The fourth-order valence-corrected chi connectivity index (χ4v) is 2.71. The van der Waals surface area contributed by atoms with Crippen LogP contribution in [0, 0.1) is 0 Å². The molecule has 0 bridgehead atoms. The average Bonchev–Trinajstić information content (AvgIpc) is 2.63. The largest absolute Gasteiger partial charge is 0.463 e. The van der Waals surface area contributed by atoms with Gasteiger partial charge in [0.15, 0.2) is 24.6 Å². The Morgan fingerprint density at radius 1 is 0.833 bits per heavy atom. The average molecular weight is 432 g/mol. The summed E-state index contributed by atoms with van der Waals surface area (Å²) < 4.78 is 37.4. The number of esters is 4. The molecule has 0 radical (unpaired) electrons. The molecule has 0 amide bonds. The fraction of sp³-hybridized carbons (Fsp3) is 0.684. The summed E-state index contributed by atoms with van der Waals surface area (Å²) in [6.07, 6.45) is -4.42. The van der Waals surface area contributed by atoms with Gasteiger partial charge in [0.1, 0.15) is 12.7 Å². The van der Waals surface area contributed by atoms with Gasteiger partial charge < -0.3 is 33.2 Å². The summed E-state index contributed by atoms with van der Waals surface area (Å²) in [6.45, 7) is 8.38. The number of hydrogen-bond acceptors (Lipinski definition) is 11. The maximum atomic E-state index is 11.7. The third kappa shape index (κ3) is 8.89. The Morgan fingerprint density at radius 3 is 1.93 bits per heavy atom. The van der Waals surface area contributed by atoms with Gasteiger partial charge in [0.25, 0.3) is 0 Å². The quantitative estimate of drug-likeness (QED) is 0.193. The molecule has 0 aromatic heterocycles. The van der Waals surface area contributed by atoms with Crippen LogP contribution in [0.3, 0.4) is 0 Å². The highest BCUT2D eigenvalue weighted by molar-refractivity contribution is 5.68. The van der Waals surface area contributed by atoms with E-state index in [1.54, 1.807) is 6.08 Å². The summed E-state index contributed by atoms with van der Waals surface area (Å²) in [5.41, 5.74) is 0. The van der Waals surface area contributed by atoms with Gasteiger partial charge in [-0.05, 0) is 0 Å². The molecule has 1 aliphatic heterocycles. The third-order valence-corrected chi connectivity index (χ3v) is 3.69. The standard InChI is InChI=1S/C19H28O11/c1-6-7-24-8-9-25-19-18(29-14(5)23)17(28-13(4)22)16(27-12(3)21)15(30-19)10-26-11(2)20/h6,15-19H,1,7-10H2,2-5H3/t15-,16-,17+,18+,19+/m1/s1. The number of hydrogen-bond donors (Lipinski definition) is 0. The van der Waals surface area contributed by atoms with Crippen molar-refractivity contribution in [2.75, 3.05) is 26.4 Å². The predicted molar refractivity (Wildman–Crippen MR) is 98.9 cm³/mol. The van der Waals surface area contributed by atoms with E-state index in [-0.39, 0.29) is 19.8 Å². The summed E-state index contributed by atoms with van der Waals surface area (Å²) >= 11 is 0. The smallest absolute Gasteiger partial charge is 0.303 e. The van der Waals surface area contributed by atoms with Gasteiger partial charge in [0.05, 0.1) is 19.8 Å². The number of carbonyl (C=O) groups excluding carboxylic acids is 4. The van der Waals surface area contributed by atoms with Gasteiger partial charge >= 0.3 is 23.9 Å². The van der Waals surface area contributed by atoms with E-state index >= 15 is 0 Å². The van der Waals surface area contributed by atoms with Gasteiger partial charge in [-0.15, -0.1) is 6.58 Å². The van der Waals surface area contributed by atoms with Crippen LogP contribution in [-0.2, 0) is 52.3 Å². The first-order valence-corrected chi connectivity index (χ1v) is 9.26. The second-order valence-electron chi connectivity index (χ2n) is 6.30. The minimum absolute atomic E-state index is 0.0432. The zero-order valence-corrected chi connectivity index (χ0v) is 17.5. The summed E-state index contributed by atoms with van der Waals surface area (Å²) in [5, 5.41) is 0. The van der Waals surface area contributed by atoms with Gasteiger partial charge in [0, 0.05) is 27.7 Å². The van der Waals surface area contributed by atoms with Crippen LogP contribution in [0.1, 0.15) is 27.7 Å². The van der Waals surface area contributed by atoms with Crippen LogP contribution in [-0.4, -0.2) is 81.0 Å². The highest BCUT2D eigenvalue weighted by atomic mass is 16.7. The van der Waals surface area contributed by atoms with Crippen molar-refractivity contribution in [3.05, 3.63) is 12.7 Å². The normalized spacial score (nSPS) is 25.7. The highest BCUT2D eigenvalue weighted by Gasteiger charge is 2.52. The Labute approximate surface area is 174 Å². The molecule has 11 heteroatoms. The summed E-state index contributed by atoms with van der Waals surface area (Å²) in [6, 6.07) is 0. The Hall–Kier alpha value is -2.50. The Balaban J connectivity index is 3.14. The first-order valence-electron chi connectivity index (χ1n) is 9.26. The minimum Gasteiger partial charge on any atom is -0.463 e. The number of rotatable bonds is 11. The van der Waals surface area contributed by atoms with Crippen molar-refractivity contribution in [2.45, 2.75) is 58.4 Å². The van der Waals surface area contributed by atoms with Gasteiger partial charge in [-0.1, -0.05) is 6.08 Å². The second-order valence-corrected chi connectivity index (χ2v) is 6.30. The highest BCUT2D eigenvalue weighted by Crippen LogP contribution is 2.29. The Bertz CT molecular complexity index is 618. The molecular weight excluding hydrogens is 404 g/mol. The molecule has 0 saturated carbocycles. The van der Waals surface area contributed by atoms with E-state index in [0.717, 1.165) is 20.8 Å². The fourth-order valence-electron chi connectivity index (χ4n) is 2.71. The zero-order valence-electron chi connectivity index (χ0n) is 17.5. The molecule has 0 aromatic rings.